The second-order valence-electron chi connectivity index (χ2n) is 4.58. The van der Waals surface area contributed by atoms with Crippen molar-refractivity contribution in [3.63, 3.8) is 0 Å². The SMILES string of the molecule is CN(C)C(=O)c1cc(NCc2cc(Br)c(Br)s2)ccc1Cl. The molecule has 0 aliphatic rings. The third kappa shape index (κ3) is 4.22. The Morgan fingerprint density at radius 2 is 2.05 bits per heavy atom. The van der Waals surface area contributed by atoms with Gasteiger partial charge in [-0.2, -0.15) is 0 Å². The number of carbonyl (C=O) groups is 1. The summed E-state index contributed by atoms with van der Waals surface area (Å²) in [5.41, 5.74) is 1.37. The molecule has 1 aromatic carbocycles. The molecule has 0 unspecified atom stereocenters. The number of halogens is 3. The monoisotopic (exact) mass is 450 g/mol. The molecule has 3 nitrogen and oxygen atoms in total. The zero-order valence-electron chi connectivity index (χ0n) is 11.4. The van der Waals surface area contributed by atoms with Crippen LogP contribution in [-0.2, 0) is 6.54 Å². The molecule has 0 saturated carbocycles. The molecule has 1 N–H and O–H groups in total. The van der Waals surface area contributed by atoms with Crippen LogP contribution in [0.1, 0.15) is 15.2 Å². The van der Waals surface area contributed by atoms with Crippen molar-refractivity contribution in [2.45, 2.75) is 6.54 Å². The lowest BCUT2D eigenvalue weighted by atomic mass is 10.1. The van der Waals surface area contributed by atoms with Crippen LogP contribution in [0.5, 0.6) is 0 Å². The van der Waals surface area contributed by atoms with Crippen LogP contribution in [0, 0.1) is 0 Å². The van der Waals surface area contributed by atoms with Crippen LogP contribution >= 0.6 is 54.8 Å². The van der Waals surface area contributed by atoms with Gasteiger partial charge in [-0.1, -0.05) is 11.6 Å². The van der Waals surface area contributed by atoms with Crippen molar-refractivity contribution < 1.29 is 4.79 Å². The maximum absolute atomic E-state index is 12.0. The molecule has 0 aliphatic heterocycles. The Bertz CT molecular complexity index is 653. The molecule has 2 rings (SSSR count). The van der Waals surface area contributed by atoms with Crippen molar-refractivity contribution in [2.24, 2.45) is 0 Å². The van der Waals surface area contributed by atoms with Gasteiger partial charge in [0.2, 0.25) is 0 Å². The predicted molar refractivity (Wildman–Crippen MR) is 96.5 cm³/mol. The van der Waals surface area contributed by atoms with E-state index in [0.717, 1.165) is 13.9 Å². The molecule has 112 valence electrons. The minimum absolute atomic E-state index is 0.106. The molecule has 0 bridgehead atoms. The maximum Gasteiger partial charge on any atom is 0.254 e. The molecule has 0 aliphatic carbocycles. The first-order chi connectivity index (χ1) is 9.88. The van der Waals surface area contributed by atoms with Crippen LogP contribution in [-0.4, -0.2) is 24.9 Å². The first kappa shape index (κ1) is 16.8. The topological polar surface area (TPSA) is 32.3 Å². The minimum Gasteiger partial charge on any atom is -0.380 e. The van der Waals surface area contributed by atoms with Crippen LogP contribution in [0.2, 0.25) is 5.02 Å². The fraction of sp³-hybridized carbons (Fsp3) is 0.214. The molecule has 0 fully saturated rings. The number of carbonyl (C=O) groups excluding carboxylic acids is 1. The Hall–Kier alpha value is -0.560. The van der Waals surface area contributed by atoms with Gasteiger partial charge in [-0.05, 0) is 56.1 Å². The first-order valence-corrected chi connectivity index (χ1v) is 8.85. The van der Waals surface area contributed by atoms with Crippen LogP contribution in [0.25, 0.3) is 0 Å². The molecule has 1 amide bonds. The van der Waals surface area contributed by atoms with Crippen LogP contribution < -0.4 is 5.32 Å². The van der Waals surface area contributed by atoms with E-state index < -0.39 is 0 Å². The number of amides is 1. The summed E-state index contributed by atoms with van der Waals surface area (Å²) in [6, 6.07) is 7.44. The zero-order chi connectivity index (χ0) is 15.6. The Morgan fingerprint density at radius 3 is 2.62 bits per heavy atom. The minimum atomic E-state index is -0.106. The molecule has 0 atom stereocenters. The lowest BCUT2D eigenvalue weighted by molar-refractivity contribution is 0.0828. The van der Waals surface area contributed by atoms with Gasteiger partial charge in [-0.3, -0.25) is 4.79 Å². The molecule has 1 aromatic heterocycles. The van der Waals surface area contributed by atoms with Crippen molar-refractivity contribution in [3.05, 3.63) is 48.0 Å². The summed E-state index contributed by atoms with van der Waals surface area (Å²) in [6.07, 6.45) is 0. The summed E-state index contributed by atoms with van der Waals surface area (Å²) in [4.78, 5) is 14.7. The molecule has 1 heterocycles. The Balaban J connectivity index is 2.14. The molecule has 2 aromatic rings. The van der Waals surface area contributed by atoms with E-state index in [2.05, 4.69) is 43.2 Å². The summed E-state index contributed by atoms with van der Waals surface area (Å²) < 4.78 is 2.11. The third-order valence-electron chi connectivity index (χ3n) is 2.77. The molecule has 21 heavy (non-hydrogen) atoms. The maximum atomic E-state index is 12.0. The number of nitrogens with one attached hydrogen (secondary N) is 1. The average Bonchev–Trinajstić information content (AvgIpc) is 2.76. The van der Waals surface area contributed by atoms with Gasteiger partial charge in [0.15, 0.2) is 0 Å². The number of thiophene rings is 1. The van der Waals surface area contributed by atoms with Gasteiger partial charge in [0, 0.05) is 35.7 Å². The number of rotatable bonds is 4. The molecule has 0 spiro atoms. The highest BCUT2D eigenvalue weighted by molar-refractivity contribution is 9.13. The second kappa shape index (κ2) is 7.13. The smallest absolute Gasteiger partial charge is 0.254 e. The number of benzene rings is 1. The van der Waals surface area contributed by atoms with E-state index in [1.165, 1.54) is 9.78 Å². The Labute approximate surface area is 149 Å². The van der Waals surface area contributed by atoms with E-state index in [0.29, 0.717) is 17.1 Å². The zero-order valence-corrected chi connectivity index (χ0v) is 16.2. The number of hydrogen-bond acceptors (Lipinski definition) is 3. The van der Waals surface area contributed by atoms with Gasteiger partial charge in [-0.15, -0.1) is 11.3 Å². The Kier molecular flexibility index (Phi) is 5.71. The Morgan fingerprint density at radius 1 is 1.33 bits per heavy atom. The number of anilines is 1. The number of hydrogen-bond donors (Lipinski definition) is 1. The molecular weight excluding hydrogens is 439 g/mol. The van der Waals surface area contributed by atoms with Gasteiger partial charge < -0.3 is 10.2 Å². The van der Waals surface area contributed by atoms with Crippen molar-refractivity contribution >= 4 is 66.4 Å². The normalized spacial score (nSPS) is 10.5. The van der Waals surface area contributed by atoms with E-state index in [4.69, 9.17) is 11.6 Å². The van der Waals surface area contributed by atoms with Gasteiger partial charge in [-0.25, -0.2) is 0 Å². The van der Waals surface area contributed by atoms with E-state index in [1.807, 2.05) is 6.07 Å². The summed E-state index contributed by atoms with van der Waals surface area (Å²) in [5, 5.41) is 3.76. The first-order valence-electron chi connectivity index (χ1n) is 6.07. The van der Waals surface area contributed by atoms with Crippen molar-refractivity contribution in [2.75, 3.05) is 19.4 Å². The molecule has 7 heteroatoms. The lowest BCUT2D eigenvalue weighted by Crippen LogP contribution is -2.22. The second-order valence-corrected chi connectivity index (χ2v) is 8.30. The highest BCUT2D eigenvalue weighted by Crippen LogP contribution is 2.32. The summed E-state index contributed by atoms with van der Waals surface area (Å²) in [7, 11) is 3.42. The number of nitrogens with zero attached hydrogens (tertiary/aromatic N) is 1. The van der Waals surface area contributed by atoms with Crippen LogP contribution in [0.4, 0.5) is 5.69 Å². The van der Waals surface area contributed by atoms with Gasteiger partial charge in [0.05, 0.1) is 14.4 Å². The van der Waals surface area contributed by atoms with Crippen molar-refractivity contribution in [3.8, 4) is 0 Å². The van der Waals surface area contributed by atoms with E-state index in [1.54, 1.807) is 37.6 Å². The van der Waals surface area contributed by atoms with Crippen LogP contribution in [0.15, 0.2) is 32.5 Å². The fourth-order valence-electron chi connectivity index (χ4n) is 1.71. The van der Waals surface area contributed by atoms with Crippen LogP contribution in [0.3, 0.4) is 0 Å². The highest BCUT2D eigenvalue weighted by Gasteiger charge is 2.13. The largest absolute Gasteiger partial charge is 0.380 e. The van der Waals surface area contributed by atoms with Gasteiger partial charge in [0.25, 0.3) is 5.91 Å². The third-order valence-corrected chi connectivity index (χ3v) is 6.35. The molecule has 0 saturated heterocycles. The quantitative estimate of drug-likeness (QED) is 0.688. The summed E-state index contributed by atoms with van der Waals surface area (Å²) in [5.74, 6) is -0.106. The average molecular weight is 453 g/mol. The van der Waals surface area contributed by atoms with E-state index >= 15 is 0 Å². The van der Waals surface area contributed by atoms with Gasteiger partial charge >= 0.3 is 0 Å². The van der Waals surface area contributed by atoms with Gasteiger partial charge in [0.1, 0.15) is 0 Å². The molecular formula is C14H13Br2ClN2OS. The summed E-state index contributed by atoms with van der Waals surface area (Å²) in [6.45, 7) is 0.687. The predicted octanol–water partition coefficient (Wildman–Crippen LogP) is 5.24. The highest BCUT2D eigenvalue weighted by atomic mass is 79.9. The van der Waals surface area contributed by atoms with E-state index in [-0.39, 0.29) is 5.91 Å². The molecule has 0 radical (unpaired) electrons. The van der Waals surface area contributed by atoms with Crippen molar-refractivity contribution in [1.82, 2.24) is 4.90 Å². The fourth-order valence-corrected chi connectivity index (χ4v) is 4.02. The standard InChI is InChI=1S/C14H13Br2ClN2OS/c1-19(2)14(20)10-5-8(3-4-12(10)17)18-7-9-6-11(15)13(16)21-9/h3-6,18H,7H2,1-2H3. The van der Waals surface area contributed by atoms with Crippen molar-refractivity contribution in [1.29, 1.82) is 0 Å². The lowest BCUT2D eigenvalue weighted by Gasteiger charge is -2.13. The van der Waals surface area contributed by atoms with E-state index in [9.17, 15) is 4.79 Å². The summed E-state index contributed by atoms with van der Waals surface area (Å²) >= 11 is 14.7.